The normalized spacial score (nSPS) is 24.2. The van der Waals surface area contributed by atoms with Crippen LogP contribution in [0.15, 0.2) is 34.6 Å². The maximum absolute atomic E-state index is 14.3. The van der Waals surface area contributed by atoms with Gasteiger partial charge in [-0.2, -0.15) is 23.3 Å². The Morgan fingerprint density at radius 3 is 2.79 bits per heavy atom. The molecule has 38 heavy (non-hydrogen) atoms. The van der Waals surface area contributed by atoms with Crippen molar-refractivity contribution in [2.75, 3.05) is 7.11 Å². The van der Waals surface area contributed by atoms with Gasteiger partial charge in [-0.25, -0.2) is 9.37 Å². The van der Waals surface area contributed by atoms with Crippen molar-refractivity contribution < 1.29 is 36.4 Å². The van der Waals surface area contributed by atoms with Crippen molar-refractivity contribution in [3.05, 3.63) is 53.3 Å². The van der Waals surface area contributed by atoms with Crippen molar-refractivity contribution in [3.63, 3.8) is 0 Å². The van der Waals surface area contributed by atoms with Gasteiger partial charge in [0.25, 0.3) is 11.7 Å². The molecule has 2 unspecified atom stereocenters. The van der Waals surface area contributed by atoms with E-state index >= 15 is 0 Å². The molecule has 198 valence electrons. The molecule has 11 nitrogen and oxygen atoms in total. The fourth-order valence-corrected chi connectivity index (χ4v) is 5.48. The minimum absolute atomic E-state index is 0.117. The minimum Gasteiger partial charge on any atom is -0.481 e. The fraction of sp³-hybridized carbons (Fsp3) is 0.391. The smallest absolute Gasteiger partial charge is 0.455 e. The molecule has 1 aliphatic heterocycles. The Hall–Kier alpha value is -4.30. The Labute approximate surface area is 211 Å². The van der Waals surface area contributed by atoms with Gasteiger partial charge in [0.15, 0.2) is 5.82 Å². The van der Waals surface area contributed by atoms with Gasteiger partial charge in [0.2, 0.25) is 17.7 Å². The van der Waals surface area contributed by atoms with Crippen LogP contribution in [0.5, 0.6) is 5.88 Å². The number of methoxy groups -OCH3 is 1. The SMILES string of the molecule is COc1cc(-c2cc(C(=O)N3C4=CC5C3C[C@@]5(C(=O)N[C@@H](C)c3nc(C(F)(F)F)no3)C4)[nH]n2)c(F)cn1. The van der Waals surface area contributed by atoms with Crippen molar-refractivity contribution in [2.45, 2.75) is 38.0 Å². The number of carbonyl (C=O) groups is 2. The molecule has 6 rings (SSSR count). The molecule has 0 radical (unpaired) electrons. The van der Waals surface area contributed by atoms with Gasteiger partial charge in [-0.15, -0.1) is 0 Å². The van der Waals surface area contributed by atoms with Gasteiger partial charge >= 0.3 is 6.18 Å². The van der Waals surface area contributed by atoms with Crippen molar-refractivity contribution in [3.8, 4) is 17.1 Å². The number of carbonyl (C=O) groups excluding carboxylic acids is 2. The second-order valence-electron chi connectivity index (χ2n) is 9.49. The number of alkyl halides is 3. The molecule has 2 aliphatic carbocycles. The zero-order chi connectivity index (χ0) is 27.0. The number of hydrogen-bond donors (Lipinski definition) is 2. The second kappa shape index (κ2) is 8.10. The molecule has 3 aliphatic rings. The summed E-state index contributed by atoms with van der Waals surface area (Å²) >= 11 is 0. The molecule has 4 atom stereocenters. The quantitative estimate of drug-likeness (QED) is 0.461. The summed E-state index contributed by atoms with van der Waals surface area (Å²) in [6.07, 6.45) is -1.23. The highest BCUT2D eigenvalue weighted by atomic mass is 19.4. The highest BCUT2D eigenvalue weighted by Gasteiger charge is 2.68. The van der Waals surface area contributed by atoms with E-state index in [1.54, 1.807) is 4.90 Å². The van der Waals surface area contributed by atoms with Crippen LogP contribution in [0.4, 0.5) is 17.6 Å². The first-order valence-electron chi connectivity index (χ1n) is 11.5. The zero-order valence-electron chi connectivity index (χ0n) is 19.8. The van der Waals surface area contributed by atoms with Gasteiger partial charge in [0.05, 0.1) is 24.4 Å². The number of nitrogens with one attached hydrogen (secondary N) is 2. The molecule has 4 heterocycles. The number of likely N-dealkylation sites (tertiary alicyclic amines) is 1. The molecular formula is C23H19F4N7O4. The highest BCUT2D eigenvalue weighted by molar-refractivity contribution is 5.97. The number of H-pyrrole nitrogens is 1. The predicted molar refractivity (Wildman–Crippen MR) is 117 cm³/mol. The molecule has 1 fully saturated rings. The summed E-state index contributed by atoms with van der Waals surface area (Å²) in [5, 5.41) is 12.3. The number of nitrogens with zero attached hydrogens (tertiary/aromatic N) is 5. The number of halogens is 4. The lowest BCUT2D eigenvalue weighted by molar-refractivity contribution is -0.148. The molecule has 0 spiro atoms. The van der Waals surface area contributed by atoms with Crippen LogP contribution in [-0.4, -0.2) is 55.2 Å². The molecule has 2 amide bonds. The Morgan fingerprint density at radius 1 is 1.34 bits per heavy atom. The highest BCUT2D eigenvalue weighted by Crippen LogP contribution is 2.65. The van der Waals surface area contributed by atoms with E-state index < -0.39 is 29.3 Å². The summed E-state index contributed by atoms with van der Waals surface area (Å²) in [4.78, 5) is 35.2. The third kappa shape index (κ3) is 3.48. The number of aromatic amines is 1. The van der Waals surface area contributed by atoms with Crippen LogP contribution in [0.3, 0.4) is 0 Å². The lowest BCUT2D eigenvalue weighted by Gasteiger charge is -2.56. The van der Waals surface area contributed by atoms with E-state index in [2.05, 4.69) is 35.2 Å². The van der Waals surface area contributed by atoms with Crippen LogP contribution in [-0.2, 0) is 11.0 Å². The summed E-state index contributed by atoms with van der Waals surface area (Å²) in [5.41, 5.74) is 0.343. The first-order valence-corrected chi connectivity index (χ1v) is 11.5. The third-order valence-corrected chi connectivity index (χ3v) is 7.34. The van der Waals surface area contributed by atoms with Crippen LogP contribution < -0.4 is 10.1 Å². The van der Waals surface area contributed by atoms with Gasteiger partial charge in [-0.1, -0.05) is 11.2 Å². The first kappa shape index (κ1) is 24.1. The van der Waals surface area contributed by atoms with E-state index in [0.29, 0.717) is 12.1 Å². The van der Waals surface area contributed by atoms with Gasteiger partial charge in [0.1, 0.15) is 11.7 Å². The summed E-state index contributed by atoms with van der Waals surface area (Å²) in [6, 6.07) is 1.62. The lowest BCUT2D eigenvalue weighted by Crippen LogP contribution is -2.65. The Kier molecular flexibility index (Phi) is 5.13. The summed E-state index contributed by atoms with van der Waals surface area (Å²) in [7, 11) is 1.40. The Balaban J connectivity index is 1.14. The molecule has 3 aromatic rings. The fourth-order valence-electron chi connectivity index (χ4n) is 5.48. The molecule has 0 saturated heterocycles. The van der Waals surface area contributed by atoms with Gasteiger partial charge in [-0.3, -0.25) is 14.7 Å². The number of pyridine rings is 1. The predicted octanol–water partition coefficient (Wildman–Crippen LogP) is 3.02. The lowest BCUT2D eigenvalue weighted by atomic mass is 9.55. The van der Waals surface area contributed by atoms with E-state index in [0.717, 1.165) is 6.20 Å². The van der Waals surface area contributed by atoms with Crippen molar-refractivity contribution in [2.24, 2.45) is 11.3 Å². The van der Waals surface area contributed by atoms with Crippen molar-refractivity contribution in [1.82, 2.24) is 35.5 Å². The van der Waals surface area contributed by atoms with Gasteiger partial charge in [0, 0.05) is 35.7 Å². The molecule has 2 bridgehead atoms. The molecule has 3 aromatic heterocycles. The number of allylic oxidation sites excluding steroid dienone is 1. The van der Waals surface area contributed by atoms with Crippen molar-refractivity contribution in [1.29, 1.82) is 0 Å². The van der Waals surface area contributed by atoms with E-state index in [9.17, 15) is 27.2 Å². The van der Waals surface area contributed by atoms with Crippen molar-refractivity contribution >= 4 is 11.8 Å². The Morgan fingerprint density at radius 2 is 2.13 bits per heavy atom. The number of hydrogen-bond acceptors (Lipinski definition) is 8. The molecule has 0 aromatic carbocycles. The second-order valence-corrected chi connectivity index (χ2v) is 9.49. The van der Waals surface area contributed by atoms with E-state index in [1.165, 1.54) is 26.2 Å². The van der Waals surface area contributed by atoms with E-state index in [-0.39, 0.29) is 58.9 Å². The largest absolute Gasteiger partial charge is 0.481 e. The third-order valence-electron chi connectivity index (χ3n) is 7.34. The van der Waals surface area contributed by atoms with Gasteiger partial charge in [-0.05, 0) is 19.4 Å². The topological polar surface area (TPSA) is 139 Å². The first-order chi connectivity index (χ1) is 18.0. The average molecular weight is 533 g/mol. The maximum atomic E-state index is 14.3. The number of aromatic nitrogens is 5. The molecule has 15 heteroatoms. The van der Waals surface area contributed by atoms with Crippen LogP contribution in [0.1, 0.15) is 48.0 Å². The number of ether oxygens (including phenoxy) is 1. The standard InChI is InChI=1S/C23H19F4N7O4/c1-9(18-30-20(33-38-18)23(25,26)27)29-21(36)22-6-10-3-12(22)16(7-22)34(10)19(35)15-5-14(31-32-15)11-4-17(37-2)28-8-13(11)24/h3-5,8-9,12,16H,6-7H2,1-2H3,(H,29,36)(H,31,32)/t9-,12?,16?,22-/m0/s1. The minimum atomic E-state index is -4.76. The van der Waals surface area contributed by atoms with Crippen LogP contribution in [0, 0.1) is 17.2 Å². The summed E-state index contributed by atoms with van der Waals surface area (Å²) < 4.78 is 62.3. The molecule has 1 saturated carbocycles. The monoisotopic (exact) mass is 533 g/mol. The Bertz CT molecular complexity index is 1500. The van der Waals surface area contributed by atoms with Crippen LogP contribution in [0.25, 0.3) is 11.3 Å². The van der Waals surface area contributed by atoms with E-state index in [1.807, 2.05) is 6.08 Å². The average Bonchev–Trinajstić information content (AvgIpc) is 3.65. The van der Waals surface area contributed by atoms with E-state index in [4.69, 9.17) is 4.74 Å². The molecular weight excluding hydrogens is 514 g/mol. The van der Waals surface area contributed by atoms with Gasteiger partial charge < -0.3 is 19.5 Å². The number of piperidine rings is 2. The zero-order valence-corrected chi connectivity index (χ0v) is 19.8. The number of rotatable bonds is 6. The van der Waals surface area contributed by atoms with Crippen LogP contribution in [0.2, 0.25) is 0 Å². The maximum Gasteiger partial charge on any atom is 0.455 e. The summed E-state index contributed by atoms with van der Waals surface area (Å²) in [6.45, 7) is 1.45. The number of amides is 2. The molecule has 2 N–H and O–H groups in total. The van der Waals surface area contributed by atoms with Crippen LogP contribution >= 0.6 is 0 Å². The summed E-state index contributed by atoms with van der Waals surface area (Å²) in [5.74, 6) is -3.17.